The van der Waals surface area contributed by atoms with E-state index in [1.165, 1.54) is 55.9 Å². The zero-order valence-electron chi connectivity index (χ0n) is 38.3. The summed E-state index contributed by atoms with van der Waals surface area (Å²) in [7, 11) is 2.06. The van der Waals surface area contributed by atoms with Gasteiger partial charge in [-0.25, -0.2) is 9.55 Å². The molecule has 2 aromatic heterocycles. The van der Waals surface area contributed by atoms with Crippen molar-refractivity contribution in [3.05, 3.63) is 167 Å². The molecule has 0 aliphatic heterocycles. The van der Waals surface area contributed by atoms with Gasteiger partial charge in [0.1, 0.15) is 23.9 Å². The first-order valence-electron chi connectivity index (χ1n) is 21.7. The van der Waals surface area contributed by atoms with Crippen LogP contribution >= 0.6 is 0 Å². The van der Waals surface area contributed by atoms with Gasteiger partial charge in [-0.15, -0.1) is 0 Å². The van der Waals surface area contributed by atoms with Crippen molar-refractivity contribution in [3.63, 3.8) is 0 Å². The quantitative estimate of drug-likeness (QED) is 0.137. The minimum absolute atomic E-state index is 0.358. The zero-order valence-corrected chi connectivity index (χ0v) is 38.3. The smallest absolute Gasteiger partial charge is 0.293 e. The molecule has 0 N–H and O–H groups in total. The molecule has 2 heterocycles. The highest BCUT2D eigenvalue weighted by molar-refractivity contribution is 5.71. The van der Waals surface area contributed by atoms with Crippen molar-refractivity contribution >= 4 is 0 Å². The molecule has 5 aromatic carbocycles. The highest BCUT2D eigenvalue weighted by atomic mass is 15.1. The molecule has 0 amide bonds. The lowest BCUT2D eigenvalue weighted by Gasteiger charge is -2.22. The average Bonchev–Trinajstić information content (AvgIpc) is 3.87. The first-order chi connectivity index (χ1) is 28.6. The van der Waals surface area contributed by atoms with Gasteiger partial charge in [0.25, 0.3) is 5.82 Å². The number of para-hydroxylation sites is 1. The van der Waals surface area contributed by atoms with Crippen LogP contribution in [0.1, 0.15) is 133 Å². The van der Waals surface area contributed by atoms with E-state index in [1.54, 1.807) is 0 Å². The Morgan fingerprint density at radius 2 is 1.07 bits per heavy atom. The molecule has 0 saturated carbocycles. The molecule has 0 unspecified atom stereocenters. The van der Waals surface area contributed by atoms with Crippen LogP contribution in [0.2, 0.25) is 0 Å². The van der Waals surface area contributed by atoms with Crippen molar-refractivity contribution in [2.24, 2.45) is 13.0 Å². The number of aryl methyl sites for hydroxylation is 2. The number of aromatic nitrogens is 4. The van der Waals surface area contributed by atoms with E-state index in [-0.39, 0.29) is 0 Å². The molecule has 0 radical (unpaired) electrons. The topological polar surface area (TPSA) is 50.4 Å². The fraction of sp³-hybridized carbons (Fsp3) is 0.327. The molecule has 5 heteroatoms. The number of hydrogen-bond donors (Lipinski definition) is 0. The normalized spacial score (nSPS) is 11.2. The fourth-order valence-corrected chi connectivity index (χ4v) is 7.66. The van der Waals surface area contributed by atoms with E-state index < -0.39 is 0 Å². The second-order valence-corrected chi connectivity index (χ2v) is 17.7. The van der Waals surface area contributed by atoms with Crippen LogP contribution < -0.4 is 4.57 Å². The summed E-state index contributed by atoms with van der Waals surface area (Å²) in [5, 5.41) is 9.42. The summed E-state index contributed by atoms with van der Waals surface area (Å²) >= 11 is 0. The van der Waals surface area contributed by atoms with E-state index in [2.05, 4.69) is 224 Å². The molecule has 60 heavy (non-hydrogen) atoms. The van der Waals surface area contributed by atoms with Gasteiger partial charge in [-0.05, 0) is 94.7 Å². The molecule has 0 saturated heterocycles. The third-order valence-corrected chi connectivity index (χ3v) is 10.6. The van der Waals surface area contributed by atoms with Crippen LogP contribution in [0.15, 0.2) is 134 Å². The van der Waals surface area contributed by atoms with Crippen LogP contribution in [0.3, 0.4) is 0 Å². The maximum Gasteiger partial charge on any atom is 0.293 e. The molecule has 7 aromatic rings. The molecular weight excluding hydrogens is 731 g/mol. The van der Waals surface area contributed by atoms with Gasteiger partial charge in [-0.3, -0.25) is 4.57 Å². The summed E-state index contributed by atoms with van der Waals surface area (Å²) in [5.41, 5.74) is 14.6. The van der Waals surface area contributed by atoms with Crippen molar-refractivity contribution in [1.29, 1.82) is 5.26 Å². The zero-order chi connectivity index (χ0) is 43.7. The summed E-state index contributed by atoms with van der Waals surface area (Å²) < 4.78 is 6.71. The van der Waals surface area contributed by atoms with Crippen molar-refractivity contribution in [3.8, 4) is 51.3 Å². The van der Waals surface area contributed by atoms with Crippen LogP contribution in [0.25, 0.3) is 45.3 Å². The van der Waals surface area contributed by atoms with Gasteiger partial charge in [0.2, 0.25) is 0 Å². The predicted octanol–water partition coefficient (Wildman–Crippen LogP) is 14.5. The lowest BCUT2D eigenvalue weighted by atomic mass is 9.88. The van der Waals surface area contributed by atoms with Crippen molar-refractivity contribution in [2.75, 3.05) is 0 Å². The molecule has 7 rings (SSSR count). The monoisotopic (exact) mass is 797 g/mol. The largest absolute Gasteiger partial charge is 0.299 e. The number of rotatable bonds is 9. The SMILES string of the molecule is CC(C)C.CC(C)c1cc(-c2ccccc2)cc(C(C)C)c1-n1cc[n+](C)c1-c1cccc(C#N)c1.Cc1ccccc1-c1nccn1-c1c(C(C)C)cccc1C(C)C. The van der Waals surface area contributed by atoms with E-state index in [1.807, 2.05) is 24.4 Å². The molecule has 0 aliphatic rings. The molecule has 0 fully saturated rings. The van der Waals surface area contributed by atoms with Crippen LogP contribution in [0.4, 0.5) is 0 Å². The first-order valence-corrected chi connectivity index (χ1v) is 21.7. The lowest BCUT2D eigenvalue weighted by molar-refractivity contribution is -0.659. The van der Waals surface area contributed by atoms with Crippen LogP contribution in [0, 0.1) is 24.2 Å². The number of hydrogen-bond acceptors (Lipinski definition) is 2. The van der Waals surface area contributed by atoms with Gasteiger partial charge < -0.3 is 0 Å². The summed E-state index contributed by atoms with van der Waals surface area (Å²) in [6.07, 6.45) is 8.23. The molecule has 0 atom stereocenters. The van der Waals surface area contributed by atoms with Gasteiger partial charge in [0.05, 0.1) is 29.9 Å². The highest BCUT2D eigenvalue weighted by Crippen LogP contribution is 2.38. The minimum Gasteiger partial charge on any atom is -0.299 e. The van der Waals surface area contributed by atoms with Crippen LogP contribution in [-0.2, 0) is 7.05 Å². The Balaban J connectivity index is 0.000000216. The number of nitrogens with zero attached hydrogens (tertiary/aromatic N) is 5. The Hall–Kier alpha value is -5.99. The standard InChI is InChI=1S/C29H30N3.C22H26N2.C4H10/c1-20(2)26-17-25(23-11-7-6-8-12-23)18-27(21(3)4)28(26)32-15-14-31(5)29(32)24-13-9-10-22(16-24)19-30;1-15(2)18-11-8-12-19(16(3)4)21(18)24-14-13-23-22(24)20-10-7-6-9-17(20)5;1-4(2)3/h6-18,20-21H,1-5H3;6-16H,1-5H3;4H,1-3H3/q+1;;. The van der Waals surface area contributed by atoms with E-state index >= 15 is 0 Å². The number of imidazole rings is 2. The van der Waals surface area contributed by atoms with E-state index in [9.17, 15) is 5.26 Å². The number of benzene rings is 5. The second-order valence-electron chi connectivity index (χ2n) is 17.7. The Morgan fingerprint density at radius 1 is 0.550 bits per heavy atom. The van der Waals surface area contributed by atoms with Crippen molar-refractivity contribution < 1.29 is 4.57 Å². The minimum atomic E-state index is 0.358. The Morgan fingerprint density at radius 3 is 1.62 bits per heavy atom. The highest BCUT2D eigenvalue weighted by Gasteiger charge is 2.27. The fourth-order valence-electron chi connectivity index (χ4n) is 7.66. The van der Waals surface area contributed by atoms with Gasteiger partial charge >= 0.3 is 0 Å². The molecule has 0 aliphatic carbocycles. The Bertz CT molecular complexity index is 2460. The second kappa shape index (κ2) is 20.3. The third-order valence-electron chi connectivity index (χ3n) is 10.6. The molecule has 0 bridgehead atoms. The number of nitriles is 1. The first kappa shape index (κ1) is 45.1. The summed E-state index contributed by atoms with van der Waals surface area (Å²) in [5.74, 6) is 4.56. The van der Waals surface area contributed by atoms with Crippen molar-refractivity contribution in [2.45, 2.75) is 107 Å². The third kappa shape index (κ3) is 10.4. The molecule has 310 valence electrons. The van der Waals surface area contributed by atoms with E-state index in [4.69, 9.17) is 0 Å². The van der Waals surface area contributed by atoms with Gasteiger partial charge in [0.15, 0.2) is 0 Å². The van der Waals surface area contributed by atoms with Gasteiger partial charge in [0, 0.05) is 29.1 Å². The van der Waals surface area contributed by atoms with E-state index in [0.29, 0.717) is 29.2 Å². The van der Waals surface area contributed by atoms with Gasteiger partial charge in [-0.1, -0.05) is 155 Å². The Labute approximate surface area is 361 Å². The van der Waals surface area contributed by atoms with Crippen LogP contribution in [-0.4, -0.2) is 14.1 Å². The van der Waals surface area contributed by atoms with Crippen molar-refractivity contribution in [1.82, 2.24) is 14.1 Å². The van der Waals surface area contributed by atoms with Crippen LogP contribution in [0.5, 0.6) is 0 Å². The average molecular weight is 797 g/mol. The predicted molar refractivity (Wildman–Crippen MR) is 253 cm³/mol. The van der Waals surface area contributed by atoms with Gasteiger partial charge in [-0.2, -0.15) is 9.83 Å². The maximum absolute atomic E-state index is 9.42. The maximum atomic E-state index is 9.42. The molecular formula is C55H66N5+. The summed E-state index contributed by atoms with van der Waals surface area (Å²) in [6.45, 7) is 26.7. The summed E-state index contributed by atoms with van der Waals surface area (Å²) in [4.78, 5) is 4.69. The molecule has 5 nitrogen and oxygen atoms in total. The lowest BCUT2D eigenvalue weighted by Crippen LogP contribution is -2.29. The summed E-state index contributed by atoms with van der Waals surface area (Å²) in [6, 6.07) is 40.6. The van der Waals surface area contributed by atoms with E-state index in [0.717, 1.165) is 23.1 Å². The Kier molecular flexibility index (Phi) is 15.3. The molecule has 0 spiro atoms.